The predicted octanol–water partition coefficient (Wildman–Crippen LogP) is 2.93. The van der Waals surface area contributed by atoms with Crippen molar-refractivity contribution in [3.8, 4) is 0 Å². The summed E-state index contributed by atoms with van der Waals surface area (Å²) in [5, 5.41) is 10.3. The molecule has 0 unspecified atom stereocenters. The number of hydroxylamine groups is 2. The molecular formula is C25H37N3O8S. The van der Waals surface area contributed by atoms with E-state index in [0.717, 1.165) is 16.2 Å². The fourth-order valence-electron chi connectivity index (χ4n) is 5.71. The molecule has 1 aromatic rings. The summed E-state index contributed by atoms with van der Waals surface area (Å²) in [6.07, 6.45) is 1.87. The summed E-state index contributed by atoms with van der Waals surface area (Å²) < 4.78 is 35.4. The molecule has 2 bridgehead atoms. The molecule has 0 spiro atoms. The predicted molar refractivity (Wildman–Crippen MR) is 135 cm³/mol. The lowest BCUT2D eigenvalue weighted by Gasteiger charge is -2.35. The van der Waals surface area contributed by atoms with Gasteiger partial charge in [-0.05, 0) is 67.1 Å². The molecule has 3 amide bonds. The standard InChI is InChI=1S/C25H37N3O8S/c1-15-7-8-17(16(2)20(15)22(30)31)11-24(3,4)13-25(5,6)14-35-37(33,34)36-28-18-9-10-19(21(26)29)27(12-18)23(28)32/h7-8,18-19H,9-14H2,1-6H3,(H2,26,29)(H,30,31)/t18-,19+/m1/s1. The molecule has 0 saturated carbocycles. The minimum atomic E-state index is -4.55. The van der Waals surface area contributed by atoms with Gasteiger partial charge in [-0.15, -0.1) is 4.28 Å². The summed E-state index contributed by atoms with van der Waals surface area (Å²) in [5.41, 5.74) is 7.09. The maximum absolute atomic E-state index is 12.6. The normalized spacial score (nSPS) is 20.4. The van der Waals surface area contributed by atoms with Crippen LogP contribution in [0.3, 0.4) is 0 Å². The van der Waals surface area contributed by atoms with Crippen LogP contribution < -0.4 is 5.73 Å². The highest BCUT2D eigenvalue weighted by molar-refractivity contribution is 7.81. The number of primary amides is 1. The van der Waals surface area contributed by atoms with Gasteiger partial charge in [0.15, 0.2) is 0 Å². The average Bonchev–Trinajstić information content (AvgIpc) is 2.97. The Morgan fingerprint density at radius 3 is 2.38 bits per heavy atom. The van der Waals surface area contributed by atoms with Gasteiger partial charge in [0.1, 0.15) is 6.04 Å². The van der Waals surface area contributed by atoms with E-state index in [4.69, 9.17) is 14.2 Å². The number of piperidine rings is 1. The van der Waals surface area contributed by atoms with Gasteiger partial charge < -0.3 is 15.7 Å². The molecule has 2 aliphatic heterocycles. The van der Waals surface area contributed by atoms with Gasteiger partial charge in [0, 0.05) is 6.54 Å². The van der Waals surface area contributed by atoms with Crippen LogP contribution in [0.4, 0.5) is 4.79 Å². The number of aryl methyl sites for hydroxylation is 1. The van der Waals surface area contributed by atoms with E-state index in [1.54, 1.807) is 19.9 Å². The Morgan fingerprint density at radius 2 is 1.78 bits per heavy atom. The van der Waals surface area contributed by atoms with E-state index in [2.05, 4.69) is 0 Å². The monoisotopic (exact) mass is 539 g/mol. The highest BCUT2D eigenvalue weighted by Crippen LogP contribution is 2.38. The minimum absolute atomic E-state index is 0.156. The number of rotatable bonds is 11. The number of benzene rings is 1. The Balaban J connectivity index is 1.63. The van der Waals surface area contributed by atoms with Crippen molar-refractivity contribution in [2.24, 2.45) is 16.6 Å². The molecule has 2 heterocycles. The number of hydrogen-bond donors (Lipinski definition) is 2. The number of nitrogens with two attached hydrogens (primary N) is 1. The number of nitrogens with zero attached hydrogens (tertiary/aromatic N) is 2. The van der Waals surface area contributed by atoms with Gasteiger partial charge in [-0.2, -0.15) is 13.5 Å². The molecule has 3 rings (SSSR count). The lowest BCUT2D eigenvalue weighted by Crippen LogP contribution is -2.47. The molecule has 206 valence electrons. The number of urea groups is 1. The van der Waals surface area contributed by atoms with Crippen LogP contribution in [0.2, 0.25) is 0 Å². The molecule has 12 heteroatoms. The number of carboxylic acid groups (broad SMARTS) is 1. The first kappa shape index (κ1) is 28.9. The van der Waals surface area contributed by atoms with Crippen LogP contribution in [0, 0.1) is 24.7 Å². The molecule has 0 aliphatic carbocycles. The topological polar surface area (TPSA) is 157 Å². The third-order valence-corrected chi connectivity index (χ3v) is 7.79. The molecule has 2 aliphatic rings. The van der Waals surface area contributed by atoms with E-state index in [-0.39, 0.29) is 18.6 Å². The molecule has 2 saturated heterocycles. The van der Waals surface area contributed by atoms with Gasteiger partial charge in [0.2, 0.25) is 5.91 Å². The van der Waals surface area contributed by atoms with Crippen molar-refractivity contribution in [3.63, 3.8) is 0 Å². The molecule has 11 nitrogen and oxygen atoms in total. The quantitative estimate of drug-likeness (QED) is 0.435. The SMILES string of the molecule is Cc1ccc(CC(C)(C)CC(C)(C)COS(=O)(=O)ON2C(=O)N3C[C@H]2CC[C@H]3C(N)=O)c(C)c1C(=O)O. The third-order valence-electron chi connectivity index (χ3n) is 7.04. The van der Waals surface area contributed by atoms with Crippen molar-refractivity contribution in [3.05, 3.63) is 34.4 Å². The van der Waals surface area contributed by atoms with Crippen LogP contribution >= 0.6 is 0 Å². The van der Waals surface area contributed by atoms with Crippen LogP contribution in [0.25, 0.3) is 0 Å². The number of amides is 3. The third kappa shape index (κ3) is 6.60. The van der Waals surface area contributed by atoms with Crippen LogP contribution in [-0.2, 0) is 30.1 Å². The maximum Gasteiger partial charge on any atom is 0.421 e. The highest BCUT2D eigenvalue weighted by atomic mass is 32.3. The molecule has 1 aromatic carbocycles. The molecule has 2 atom stereocenters. The van der Waals surface area contributed by atoms with Crippen molar-refractivity contribution >= 4 is 28.3 Å². The first-order valence-corrected chi connectivity index (χ1v) is 13.6. The molecule has 3 N–H and O–H groups in total. The second-order valence-electron chi connectivity index (χ2n) is 11.7. The Morgan fingerprint density at radius 1 is 1.14 bits per heavy atom. The van der Waals surface area contributed by atoms with Crippen LogP contribution in [0.1, 0.15) is 74.0 Å². The van der Waals surface area contributed by atoms with E-state index >= 15 is 0 Å². The number of carbonyl (C=O) groups excluding carboxylic acids is 2. The summed E-state index contributed by atoms with van der Waals surface area (Å²) in [7, 11) is -4.55. The first-order chi connectivity index (χ1) is 16.9. The van der Waals surface area contributed by atoms with E-state index in [0.29, 0.717) is 36.8 Å². The Kier molecular flexibility index (Phi) is 7.97. The second kappa shape index (κ2) is 10.2. The van der Waals surface area contributed by atoms with Gasteiger partial charge in [-0.3, -0.25) is 4.79 Å². The van der Waals surface area contributed by atoms with Gasteiger partial charge >= 0.3 is 22.4 Å². The Hall–Kier alpha value is -2.70. The van der Waals surface area contributed by atoms with Crippen LogP contribution in [0.15, 0.2) is 12.1 Å². The van der Waals surface area contributed by atoms with Crippen molar-refractivity contribution in [1.82, 2.24) is 9.96 Å². The van der Waals surface area contributed by atoms with Gasteiger partial charge in [-0.25, -0.2) is 13.8 Å². The fourth-order valence-corrected chi connectivity index (χ4v) is 6.60. The zero-order valence-electron chi connectivity index (χ0n) is 22.2. The maximum atomic E-state index is 12.6. The zero-order valence-corrected chi connectivity index (χ0v) is 23.1. The van der Waals surface area contributed by atoms with Crippen molar-refractivity contribution in [1.29, 1.82) is 0 Å². The summed E-state index contributed by atoms with van der Waals surface area (Å²) in [4.78, 5) is 37.1. The number of aromatic carboxylic acids is 1. The minimum Gasteiger partial charge on any atom is -0.478 e. The number of hydrogen-bond acceptors (Lipinski definition) is 7. The lowest BCUT2D eigenvalue weighted by atomic mass is 9.72. The molecule has 0 radical (unpaired) electrons. The smallest absolute Gasteiger partial charge is 0.421 e. The van der Waals surface area contributed by atoms with Crippen molar-refractivity contribution in [2.75, 3.05) is 13.2 Å². The van der Waals surface area contributed by atoms with E-state index in [1.807, 2.05) is 33.8 Å². The van der Waals surface area contributed by atoms with E-state index < -0.39 is 45.8 Å². The van der Waals surface area contributed by atoms with E-state index in [9.17, 15) is 27.9 Å². The van der Waals surface area contributed by atoms with Gasteiger partial charge in [0.25, 0.3) is 0 Å². The summed E-state index contributed by atoms with van der Waals surface area (Å²) in [6.45, 7) is 11.3. The zero-order chi connectivity index (χ0) is 27.9. The summed E-state index contributed by atoms with van der Waals surface area (Å²) in [5.74, 6) is -1.60. The Bertz CT molecular complexity index is 1190. The van der Waals surface area contributed by atoms with Crippen molar-refractivity contribution in [2.45, 2.75) is 79.3 Å². The molecular weight excluding hydrogens is 502 g/mol. The van der Waals surface area contributed by atoms with Crippen molar-refractivity contribution < 1.29 is 36.4 Å². The summed E-state index contributed by atoms with van der Waals surface area (Å²) >= 11 is 0. The van der Waals surface area contributed by atoms with E-state index in [1.165, 1.54) is 4.90 Å². The summed E-state index contributed by atoms with van der Waals surface area (Å²) in [6, 6.07) is 1.71. The fraction of sp³-hybridized carbons (Fsp3) is 0.640. The number of carboxylic acids is 1. The van der Waals surface area contributed by atoms with Crippen LogP contribution in [-0.4, -0.2) is 66.6 Å². The largest absolute Gasteiger partial charge is 0.478 e. The van der Waals surface area contributed by atoms with Gasteiger partial charge in [-0.1, -0.05) is 39.8 Å². The molecule has 37 heavy (non-hydrogen) atoms. The van der Waals surface area contributed by atoms with Gasteiger partial charge in [0.05, 0.1) is 18.2 Å². The number of carbonyl (C=O) groups is 3. The second-order valence-corrected chi connectivity index (χ2v) is 12.9. The number of fused-ring (bicyclic) bond motifs is 2. The van der Waals surface area contributed by atoms with Crippen LogP contribution in [0.5, 0.6) is 0 Å². The highest BCUT2D eigenvalue weighted by Gasteiger charge is 2.49. The molecule has 2 fully saturated rings. The average molecular weight is 540 g/mol. The molecule has 0 aromatic heterocycles. The lowest BCUT2D eigenvalue weighted by molar-refractivity contribution is -0.122. The Labute approximate surface area is 218 Å². The first-order valence-electron chi connectivity index (χ1n) is 12.2.